The van der Waals surface area contributed by atoms with Crippen molar-refractivity contribution >= 4 is 11.6 Å². The number of methoxy groups -OCH3 is 1. The summed E-state index contributed by atoms with van der Waals surface area (Å²) in [5.41, 5.74) is 1.19. The van der Waals surface area contributed by atoms with Gasteiger partial charge in [-0.15, -0.1) is 0 Å². The Balaban J connectivity index is 2.07. The van der Waals surface area contributed by atoms with Crippen LogP contribution in [-0.2, 0) is 11.2 Å². The van der Waals surface area contributed by atoms with E-state index in [9.17, 15) is 15.0 Å². The van der Waals surface area contributed by atoms with Crippen molar-refractivity contribution in [2.24, 2.45) is 0 Å². The predicted octanol–water partition coefficient (Wildman–Crippen LogP) is 2.29. The summed E-state index contributed by atoms with van der Waals surface area (Å²) in [4.78, 5) is 11.9. The molecule has 3 N–H and O–H groups in total. The molecule has 104 valence electrons. The van der Waals surface area contributed by atoms with Gasteiger partial charge in [-0.25, -0.2) is 0 Å². The molecule has 0 unspecified atom stereocenters. The van der Waals surface area contributed by atoms with Gasteiger partial charge in [0.15, 0.2) is 11.5 Å². The molecule has 1 amide bonds. The monoisotopic (exact) mass is 273 g/mol. The van der Waals surface area contributed by atoms with Crippen molar-refractivity contribution in [3.05, 3.63) is 48.0 Å². The summed E-state index contributed by atoms with van der Waals surface area (Å²) in [5.74, 6) is -0.111. The summed E-state index contributed by atoms with van der Waals surface area (Å²) < 4.78 is 5.14. The number of carbonyl (C=O) groups is 1. The van der Waals surface area contributed by atoms with E-state index in [0.717, 1.165) is 0 Å². The van der Waals surface area contributed by atoms with Crippen LogP contribution in [0.1, 0.15) is 5.56 Å². The molecule has 2 rings (SSSR count). The van der Waals surface area contributed by atoms with Crippen LogP contribution in [0.2, 0.25) is 0 Å². The molecule has 0 aromatic heterocycles. The summed E-state index contributed by atoms with van der Waals surface area (Å²) in [7, 11) is 1.53. The van der Waals surface area contributed by atoms with Crippen LogP contribution in [0.15, 0.2) is 42.5 Å². The molecular weight excluding hydrogens is 258 g/mol. The number of ether oxygens (including phenoxy) is 1. The third-order valence-corrected chi connectivity index (χ3v) is 2.79. The second-order valence-electron chi connectivity index (χ2n) is 4.25. The number of hydrogen-bond acceptors (Lipinski definition) is 4. The molecule has 0 heterocycles. The van der Waals surface area contributed by atoms with E-state index in [1.165, 1.54) is 19.2 Å². The highest BCUT2D eigenvalue weighted by Crippen LogP contribution is 2.26. The Morgan fingerprint density at radius 1 is 1.15 bits per heavy atom. The number of benzene rings is 2. The van der Waals surface area contributed by atoms with Gasteiger partial charge in [0, 0.05) is 0 Å². The van der Waals surface area contributed by atoms with Crippen LogP contribution in [0.25, 0.3) is 0 Å². The lowest BCUT2D eigenvalue weighted by Crippen LogP contribution is -2.14. The van der Waals surface area contributed by atoms with E-state index in [1.54, 1.807) is 24.3 Å². The molecule has 0 spiro atoms. The molecule has 0 fully saturated rings. The second kappa shape index (κ2) is 5.97. The molecule has 2 aromatic rings. The van der Waals surface area contributed by atoms with Gasteiger partial charge in [-0.3, -0.25) is 4.79 Å². The standard InChI is InChI=1S/C15H15NO4/c1-20-14-5-3-2-4-11(14)16-15(19)9-10-6-7-12(17)13(18)8-10/h2-8,17-18H,9H2,1H3,(H,16,19). The first kappa shape index (κ1) is 13.7. The summed E-state index contributed by atoms with van der Waals surface area (Å²) in [6.07, 6.45) is 0.0892. The number of carbonyl (C=O) groups excluding carboxylic acids is 1. The number of para-hydroxylation sites is 2. The lowest BCUT2D eigenvalue weighted by Gasteiger charge is -2.10. The molecule has 0 saturated heterocycles. The van der Waals surface area contributed by atoms with Crippen LogP contribution in [0.4, 0.5) is 5.69 Å². The van der Waals surface area contributed by atoms with Gasteiger partial charge in [-0.05, 0) is 29.8 Å². The number of phenolic OH excluding ortho intramolecular Hbond substituents is 2. The van der Waals surface area contributed by atoms with Gasteiger partial charge in [0.2, 0.25) is 5.91 Å². The van der Waals surface area contributed by atoms with Gasteiger partial charge in [0.05, 0.1) is 19.2 Å². The number of phenols is 2. The highest BCUT2D eigenvalue weighted by atomic mass is 16.5. The quantitative estimate of drug-likeness (QED) is 0.747. The Bertz CT molecular complexity index is 625. The van der Waals surface area contributed by atoms with Gasteiger partial charge in [-0.1, -0.05) is 18.2 Å². The van der Waals surface area contributed by atoms with E-state index < -0.39 is 0 Å². The fourth-order valence-electron chi connectivity index (χ4n) is 1.81. The third kappa shape index (κ3) is 3.20. The molecule has 0 aliphatic rings. The molecule has 0 aliphatic heterocycles. The maximum absolute atomic E-state index is 11.9. The number of anilines is 1. The molecular formula is C15H15NO4. The van der Waals surface area contributed by atoms with Crippen molar-refractivity contribution < 1.29 is 19.7 Å². The minimum Gasteiger partial charge on any atom is -0.504 e. The molecule has 0 saturated carbocycles. The average Bonchev–Trinajstić information content (AvgIpc) is 2.43. The van der Waals surface area contributed by atoms with Crippen LogP contribution in [0.3, 0.4) is 0 Å². The van der Waals surface area contributed by atoms with Gasteiger partial charge < -0.3 is 20.3 Å². The Morgan fingerprint density at radius 2 is 1.90 bits per heavy atom. The lowest BCUT2D eigenvalue weighted by molar-refractivity contribution is -0.115. The highest BCUT2D eigenvalue weighted by Gasteiger charge is 2.09. The zero-order chi connectivity index (χ0) is 14.5. The molecule has 0 atom stereocenters. The lowest BCUT2D eigenvalue weighted by atomic mass is 10.1. The first-order valence-corrected chi connectivity index (χ1v) is 6.04. The fourth-order valence-corrected chi connectivity index (χ4v) is 1.81. The largest absolute Gasteiger partial charge is 0.504 e. The first-order valence-electron chi connectivity index (χ1n) is 6.04. The molecule has 5 heteroatoms. The van der Waals surface area contributed by atoms with Crippen LogP contribution in [0.5, 0.6) is 17.2 Å². The van der Waals surface area contributed by atoms with Crippen LogP contribution in [0, 0.1) is 0 Å². The Hall–Kier alpha value is -2.69. The van der Waals surface area contributed by atoms with E-state index in [0.29, 0.717) is 17.0 Å². The van der Waals surface area contributed by atoms with Crippen molar-refractivity contribution in [2.75, 3.05) is 12.4 Å². The summed E-state index contributed by atoms with van der Waals surface area (Å²) in [5, 5.41) is 21.3. The van der Waals surface area contributed by atoms with Crippen LogP contribution in [-0.4, -0.2) is 23.2 Å². The SMILES string of the molecule is COc1ccccc1NC(=O)Cc1ccc(O)c(O)c1. The average molecular weight is 273 g/mol. The maximum atomic E-state index is 11.9. The smallest absolute Gasteiger partial charge is 0.228 e. The predicted molar refractivity (Wildman–Crippen MR) is 75.1 cm³/mol. The van der Waals surface area contributed by atoms with Gasteiger partial charge in [-0.2, -0.15) is 0 Å². The van der Waals surface area contributed by atoms with E-state index >= 15 is 0 Å². The number of amides is 1. The summed E-state index contributed by atoms with van der Waals surface area (Å²) >= 11 is 0. The minimum atomic E-state index is -0.243. The van der Waals surface area contributed by atoms with Crippen molar-refractivity contribution in [1.82, 2.24) is 0 Å². The van der Waals surface area contributed by atoms with E-state index in [4.69, 9.17) is 4.74 Å². The molecule has 2 aromatic carbocycles. The topological polar surface area (TPSA) is 78.8 Å². The zero-order valence-corrected chi connectivity index (χ0v) is 11.0. The number of nitrogens with one attached hydrogen (secondary N) is 1. The Labute approximate surface area is 116 Å². The van der Waals surface area contributed by atoms with Crippen LogP contribution < -0.4 is 10.1 Å². The highest BCUT2D eigenvalue weighted by molar-refractivity contribution is 5.93. The zero-order valence-electron chi connectivity index (χ0n) is 11.0. The summed E-state index contributed by atoms with van der Waals surface area (Å²) in [6, 6.07) is 11.4. The Kier molecular flexibility index (Phi) is 4.10. The van der Waals surface area contributed by atoms with Gasteiger partial charge >= 0.3 is 0 Å². The fraction of sp³-hybridized carbons (Fsp3) is 0.133. The number of aromatic hydroxyl groups is 2. The third-order valence-electron chi connectivity index (χ3n) is 2.79. The molecule has 20 heavy (non-hydrogen) atoms. The van der Waals surface area contributed by atoms with Gasteiger partial charge in [0.1, 0.15) is 5.75 Å². The van der Waals surface area contributed by atoms with E-state index in [1.807, 2.05) is 6.07 Å². The normalized spacial score (nSPS) is 10.1. The Morgan fingerprint density at radius 3 is 2.60 bits per heavy atom. The molecule has 0 radical (unpaired) electrons. The van der Waals surface area contributed by atoms with Crippen molar-refractivity contribution in [3.8, 4) is 17.2 Å². The number of rotatable bonds is 4. The molecule has 0 bridgehead atoms. The minimum absolute atomic E-state index is 0.0892. The first-order chi connectivity index (χ1) is 9.60. The molecule has 0 aliphatic carbocycles. The van der Waals surface area contributed by atoms with Crippen molar-refractivity contribution in [2.45, 2.75) is 6.42 Å². The van der Waals surface area contributed by atoms with E-state index in [2.05, 4.69) is 5.32 Å². The maximum Gasteiger partial charge on any atom is 0.228 e. The van der Waals surface area contributed by atoms with Crippen LogP contribution >= 0.6 is 0 Å². The van der Waals surface area contributed by atoms with Gasteiger partial charge in [0.25, 0.3) is 0 Å². The molecule has 5 nitrogen and oxygen atoms in total. The van der Waals surface area contributed by atoms with Crippen molar-refractivity contribution in [3.63, 3.8) is 0 Å². The van der Waals surface area contributed by atoms with E-state index in [-0.39, 0.29) is 23.8 Å². The second-order valence-corrected chi connectivity index (χ2v) is 4.25. The summed E-state index contributed by atoms with van der Waals surface area (Å²) in [6.45, 7) is 0. The van der Waals surface area contributed by atoms with Crippen molar-refractivity contribution in [1.29, 1.82) is 0 Å². The number of hydrogen-bond donors (Lipinski definition) is 3.